The molecular formula is C45H59ClF3N6O5P. The topological polar surface area (TPSA) is 149 Å². The van der Waals surface area contributed by atoms with Gasteiger partial charge in [0.1, 0.15) is 41.9 Å². The highest BCUT2D eigenvalue weighted by atomic mass is 35.5. The number of amidine groups is 1. The van der Waals surface area contributed by atoms with E-state index in [-0.39, 0.29) is 31.8 Å². The van der Waals surface area contributed by atoms with Gasteiger partial charge in [0.25, 0.3) is 0 Å². The Kier molecular flexibility index (Phi) is 20.5. The van der Waals surface area contributed by atoms with Crippen LogP contribution in [0, 0.1) is 28.5 Å². The molecule has 4 atom stereocenters. The maximum absolute atomic E-state index is 14.3. The van der Waals surface area contributed by atoms with Crippen LogP contribution in [0.4, 0.5) is 13.2 Å². The van der Waals surface area contributed by atoms with Crippen LogP contribution in [0.15, 0.2) is 59.6 Å². The van der Waals surface area contributed by atoms with Gasteiger partial charge in [-0.3, -0.25) is 13.7 Å². The second kappa shape index (κ2) is 25.9. The van der Waals surface area contributed by atoms with Crippen molar-refractivity contribution in [1.29, 1.82) is 10.5 Å². The molecule has 2 aromatic carbocycles. The first-order chi connectivity index (χ1) is 29.7. The van der Waals surface area contributed by atoms with E-state index >= 15 is 0 Å². The van der Waals surface area contributed by atoms with Crippen LogP contribution in [-0.2, 0) is 25.1 Å². The van der Waals surface area contributed by atoms with E-state index in [9.17, 15) is 23.7 Å². The number of aliphatic imine (C=N–C) groups is 1. The van der Waals surface area contributed by atoms with E-state index in [0.29, 0.717) is 54.5 Å². The molecule has 332 valence electrons. The number of unbranched alkanes of at least 4 members (excludes halogenated alkanes) is 13. The van der Waals surface area contributed by atoms with Crippen molar-refractivity contribution in [3.05, 3.63) is 88.0 Å². The van der Waals surface area contributed by atoms with Gasteiger partial charge in [-0.1, -0.05) is 107 Å². The Labute approximate surface area is 364 Å². The first kappa shape index (κ1) is 48.2. The van der Waals surface area contributed by atoms with Crippen molar-refractivity contribution in [2.75, 3.05) is 25.3 Å². The molecule has 61 heavy (non-hydrogen) atoms. The number of rotatable bonds is 29. The van der Waals surface area contributed by atoms with Crippen LogP contribution in [0.5, 0.6) is 5.75 Å². The molecule has 0 amide bonds. The van der Waals surface area contributed by atoms with Crippen LogP contribution < -0.4 is 15.7 Å². The van der Waals surface area contributed by atoms with Crippen molar-refractivity contribution in [1.82, 2.24) is 4.68 Å². The maximum Gasteiger partial charge on any atom is 0.397 e. The summed E-state index contributed by atoms with van der Waals surface area (Å²) in [5, 5.41) is 20.1. The minimum absolute atomic E-state index is 0.0230. The monoisotopic (exact) mass is 886 g/mol. The van der Waals surface area contributed by atoms with Crippen molar-refractivity contribution < 1.29 is 36.2 Å². The highest BCUT2D eigenvalue weighted by molar-refractivity contribution is 7.42. The van der Waals surface area contributed by atoms with E-state index in [1.165, 1.54) is 50.7 Å². The third-order valence-electron chi connectivity index (χ3n) is 10.9. The van der Waals surface area contributed by atoms with Gasteiger partial charge in [-0.05, 0) is 73.7 Å². The average Bonchev–Trinajstić information content (AvgIpc) is 3.89. The van der Waals surface area contributed by atoms with Crippen molar-refractivity contribution in [2.45, 2.75) is 146 Å². The normalized spacial score (nSPS) is 18.2. The first-order valence-corrected chi connectivity index (χ1v) is 23.1. The second-order valence-electron chi connectivity index (χ2n) is 15.7. The standard InChI is InChI=1S/C45H59ClF3N6O5P/c46-38-18-15-16-19-41(38)60-61(58-32-45(31-51)24-23-42(59-45)39-21-22-40-44(52)53-33-54-55(39)40)57-30-37(56-29-35-25-34(28-50)26-36(47)27-35)17-13-11-9-7-5-3-1-2-4-6-8-10-12-14-20-43(48)49/h15-16,18-19,21-22,25-27,37,42-43,54H,1-14,17,20,23-24,29-30,32-33H2,(H2,52,53). The summed E-state index contributed by atoms with van der Waals surface area (Å²) < 4.78 is 72.1. The van der Waals surface area contributed by atoms with E-state index in [2.05, 4.69) is 16.5 Å². The summed E-state index contributed by atoms with van der Waals surface area (Å²) in [5.74, 6) is 0.274. The lowest BCUT2D eigenvalue weighted by Gasteiger charge is -2.26. The first-order valence-electron chi connectivity index (χ1n) is 21.6. The average molecular weight is 887 g/mol. The van der Waals surface area contributed by atoms with Gasteiger partial charge in [0, 0.05) is 6.42 Å². The summed E-state index contributed by atoms with van der Waals surface area (Å²) in [6.07, 6.45) is 13.7. The largest absolute Gasteiger partial charge is 0.425 e. The van der Waals surface area contributed by atoms with E-state index in [0.717, 1.165) is 56.3 Å². The van der Waals surface area contributed by atoms with Gasteiger partial charge in [0.15, 0.2) is 5.60 Å². The summed E-state index contributed by atoms with van der Waals surface area (Å²) in [7, 11) is -2.10. The summed E-state index contributed by atoms with van der Waals surface area (Å²) in [4.78, 5) is 4.23. The quantitative estimate of drug-likeness (QED) is 0.0513. The van der Waals surface area contributed by atoms with E-state index in [1.807, 2.05) is 22.9 Å². The fourth-order valence-corrected chi connectivity index (χ4v) is 8.87. The molecule has 3 aromatic rings. The molecule has 0 bridgehead atoms. The molecular weight excluding hydrogens is 828 g/mol. The number of hydrogen-bond donors (Lipinski definition) is 2. The number of halogens is 4. The lowest BCUT2D eigenvalue weighted by Crippen LogP contribution is -2.34. The maximum atomic E-state index is 14.3. The fraction of sp³-hybridized carbons (Fsp3) is 0.578. The van der Waals surface area contributed by atoms with Crippen molar-refractivity contribution in [3.8, 4) is 17.9 Å². The number of alkyl halides is 2. The third-order valence-corrected chi connectivity index (χ3v) is 12.3. The van der Waals surface area contributed by atoms with Crippen molar-refractivity contribution in [3.63, 3.8) is 0 Å². The molecule has 5 rings (SSSR count). The van der Waals surface area contributed by atoms with Gasteiger partial charge in [-0.2, -0.15) is 10.5 Å². The molecule has 3 heterocycles. The van der Waals surface area contributed by atoms with Crippen LogP contribution in [-0.4, -0.2) is 48.5 Å². The van der Waals surface area contributed by atoms with E-state index < -0.39 is 38.7 Å². The van der Waals surface area contributed by atoms with Gasteiger partial charge >= 0.3 is 8.60 Å². The zero-order valence-electron chi connectivity index (χ0n) is 34.9. The van der Waals surface area contributed by atoms with Gasteiger partial charge in [0.05, 0.1) is 48.3 Å². The molecule has 2 aliphatic rings. The second-order valence-corrected chi connectivity index (χ2v) is 17.3. The summed E-state index contributed by atoms with van der Waals surface area (Å²) in [6, 6.07) is 19.2. The Bertz CT molecular complexity index is 1910. The smallest absolute Gasteiger partial charge is 0.397 e. The van der Waals surface area contributed by atoms with Crippen molar-refractivity contribution in [2.24, 2.45) is 10.7 Å². The molecule has 1 aromatic heterocycles. The number of fused-ring (bicyclic) bond motifs is 1. The Morgan fingerprint density at radius 3 is 2.25 bits per heavy atom. The number of nitrogens with zero attached hydrogens (tertiary/aromatic N) is 4. The summed E-state index contributed by atoms with van der Waals surface area (Å²) in [5.41, 5.74) is 10.3. The zero-order valence-corrected chi connectivity index (χ0v) is 36.5. The van der Waals surface area contributed by atoms with Crippen LogP contribution in [0.3, 0.4) is 0 Å². The fourth-order valence-electron chi connectivity index (χ4n) is 7.54. The number of benzene rings is 2. The Morgan fingerprint density at radius 2 is 1.59 bits per heavy atom. The SMILES string of the molecule is N#Cc1cc(F)cc(COC(CCCCCCCCCCCCCCCCC(F)F)COP(OCC2(C#N)CCC(c3ccc4n3NCN=C4N)O2)Oc2ccccc2Cl)c1. The number of hydrogen-bond acceptors (Lipinski definition) is 10. The molecule has 0 spiro atoms. The highest BCUT2D eigenvalue weighted by Gasteiger charge is 2.44. The molecule has 1 saturated heterocycles. The molecule has 0 aliphatic carbocycles. The minimum atomic E-state index is -2.18. The molecule has 0 saturated carbocycles. The predicted molar refractivity (Wildman–Crippen MR) is 231 cm³/mol. The molecule has 4 unspecified atom stereocenters. The number of nitrogens with one attached hydrogen (secondary N) is 1. The molecule has 1 fully saturated rings. The van der Waals surface area contributed by atoms with Gasteiger partial charge < -0.3 is 25.2 Å². The van der Waals surface area contributed by atoms with Crippen molar-refractivity contribution >= 4 is 26.0 Å². The van der Waals surface area contributed by atoms with Gasteiger partial charge in [-0.15, -0.1) is 0 Å². The Hall–Kier alpha value is -3.88. The molecule has 3 N–H and O–H groups in total. The lowest BCUT2D eigenvalue weighted by molar-refractivity contribution is -0.0392. The predicted octanol–water partition coefficient (Wildman–Crippen LogP) is 11.9. The molecule has 0 radical (unpaired) electrons. The zero-order chi connectivity index (χ0) is 43.3. The van der Waals surface area contributed by atoms with E-state index in [4.69, 9.17) is 40.4 Å². The van der Waals surface area contributed by atoms with Crippen LogP contribution in [0.25, 0.3) is 0 Å². The Balaban J connectivity index is 1.12. The molecule has 11 nitrogen and oxygen atoms in total. The van der Waals surface area contributed by atoms with Gasteiger partial charge in [0.2, 0.25) is 6.43 Å². The van der Waals surface area contributed by atoms with Crippen LogP contribution in [0.2, 0.25) is 5.02 Å². The van der Waals surface area contributed by atoms with Crippen LogP contribution >= 0.6 is 20.2 Å². The summed E-state index contributed by atoms with van der Waals surface area (Å²) >= 11 is 6.47. The molecule has 2 aliphatic heterocycles. The number of aromatic nitrogens is 1. The van der Waals surface area contributed by atoms with E-state index in [1.54, 1.807) is 30.3 Å². The minimum Gasteiger partial charge on any atom is -0.425 e. The highest BCUT2D eigenvalue weighted by Crippen LogP contribution is 2.47. The Morgan fingerprint density at radius 1 is 0.918 bits per heavy atom. The number of ether oxygens (including phenoxy) is 2. The lowest BCUT2D eigenvalue weighted by atomic mass is 10.0. The van der Waals surface area contributed by atoms with Gasteiger partial charge in [-0.25, -0.2) is 18.2 Å². The summed E-state index contributed by atoms with van der Waals surface area (Å²) in [6.45, 7) is 0.360. The number of nitriles is 2. The number of nitrogens with two attached hydrogens (primary N) is 1. The van der Waals surface area contributed by atoms with Crippen LogP contribution in [0.1, 0.15) is 144 Å². The number of para-hydroxylation sites is 1. The molecule has 16 heteroatoms. The third kappa shape index (κ3) is 16.1.